The molecule has 1 rings (SSSR count). The van der Waals surface area contributed by atoms with Crippen LogP contribution in [0.2, 0.25) is 10.0 Å². The normalized spacial score (nSPS) is 12.5. The molecule has 0 heterocycles. The van der Waals surface area contributed by atoms with Crippen LogP contribution in [0.15, 0.2) is 18.2 Å². The molecule has 106 valence electrons. The fraction of sp³-hybridized carbons (Fsp3) is 0.462. The van der Waals surface area contributed by atoms with E-state index in [-0.39, 0.29) is 11.9 Å². The number of benzene rings is 1. The maximum atomic E-state index is 12.0. The number of nitrogens with zero attached hydrogens (tertiary/aromatic N) is 1. The average Bonchev–Trinajstić information content (AvgIpc) is 2.33. The van der Waals surface area contributed by atoms with E-state index >= 15 is 0 Å². The topological polar surface area (TPSA) is 44.4 Å². The Labute approximate surface area is 124 Å². The Bertz CT molecular complexity index is 438. The molecule has 0 spiro atoms. The van der Waals surface area contributed by atoms with Crippen LogP contribution in [-0.2, 0) is 4.79 Å². The van der Waals surface area contributed by atoms with Crippen LogP contribution in [0.4, 0.5) is 5.69 Å². The van der Waals surface area contributed by atoms with Gasteiger partial charge in [0.2, 0.25) is 5.91 Å². The number of carbonyl (C=O) groups excluding carboxylic acids is 1. The van der Waals surface area contributed by atoms with Gasteiger partial charge in [0.25, 0.3) is 0 Å². The first-order chi connectivity index (χ1) is 8.90. The molecule has 1 aromatic rings. The van der Waals surface area contributed by atoms with Crippen molar-refractivity contribution in [3.05, 3.63) is 28.2 Å². The summed E-state index contributed by atoms with van der Waals surface area (Å²) in [5.74, 6) is -0.136. The molecule has 0 aliphatic carbocycles. The highest BCUT2D eigenvalue weighted by Crippen LogP contribution is 2.25. The van der Waals surface area contributed by atoms with E-state index in [0.29, 0.717) is 15.7 Å². The van der Waals surface area contributed by atoms with Crippen molar-refractivity contribution in [2.75, 3.05) is 32.5 Å². The smallest absolute Gasteiger partial charge is 0.241 e. The van der Waals surface area contributed by atoms with Crippen molar-refractivity contribution in [2.24, 2.45) is 0 Å². The van der Waals surface area contributed by atoms with E-state index in [1.165, 1.54) is 0 Å². The van der Waals surface area contributed by atoms with Gasteiger partial charge in [-0.3, -0.25) is 4.79 Å². The number of amides is 1. The molecule has 1 unspecified atom stereocenters. The molecule has 0 aromatic heterocycles. The fourth-order valence-electron chi connectivity index (χ4n) is 1.43. The van der Waals surface area contributed by atoms with Gasteiger partial charge in [-0.2, -0.15) is 0 Å². The van der Waals surface area contributed by atoms with Crippen molar-refractivity contribution in [1.82, 2.24) is 10.2 Å². The first-order valence-corrected chi connectivity index (χ1v) is 6.79. The van der Waals surface area contributed by atoms with Crippen LogP contribution in [0, 0.1) is 0 Å². The van der Waals surface area contributed by atoms with Crippen LogP contribution < -0.4 is 10.6 Å². The SMILES string of the molecule is CC(NCCN(C)C)C(=O)Nc1cc(Cl)ccc1Cl. The van der Waals surface area contributed by atoms with Crippen LogP contribution in [0.25, 0.3) is 0 Å². The minimum absolute atomic E-state index is 0.136. The Morgan fingerprint density at radius 2 is 2.05 bits per heavy atom. The highest BCUT2D eigenvalue weighted by molar-refractivity contribution is 6.35. The van der Waals surface area contributed by atoms with E-state index in [2.05, 4.69) is 10.6 Å². The monoisotopic (exact) mass is 303 g/mol. The lowest BCUT2D eigenvalue weighted by atomic mass is 10.2. The predicted molar refractivity (Wildman–Crippen MR) is 81.1 cm³/mol. The van der Waals surface area contributed by atoms with Gasteiger partial charge in [-0.25, -0.2) is 0 Å². The summed E-state index contributed by atoms with van der Waals surface area (Å²) in [7, 11) is 3.97. The Hall–Kier alpha value is -0.810. The van der Waals surface area contributed by atoms with Crippen LogP contribution in [0.1, 0.15) is 6.92 Å². The largest absolute Gasteiger partial charge is 0.323 e. The maximum Gasteiger partial charge on any atom is 0.241 e. The number of likely N-dealkylation sites (N-methyl/N-ethyl adjacent to an activating group) is 1. The van der Waals surface area contributed by atoms with Crippen molar-refractivity contribution in [3.63, 3.8) is 0 Å². The maximum absolute atomic E-state index is 12.0. The molecule has 0 radical (unpaired) electrons. The highest BCUT2D eigenvalue weighted by atomic mass is 35.5. The summed E-state index contributed by atoms with van der Waals surface area (Å²) >= 11 is 11.9. The van der Waals surface area contributed by atoms with Gasteiger partial charge in [0.05, 0.1) is 16.8 Å². The number of anilines is 1. The molecule has 19 heavy (non-hydrogen) atoms. The zero-order valence-electron chi connectivity index (χ0n) is 11.3. The number of hydrogen-bond donors (Lipinski definition) is 2. The Balaban J connectivity index is 2.51. The van der Waals surface area contributed by atoms with Gasteiger partial charge in [0.15, 0.2) is 0 Å². The van der Waals surface area contributed by atoms with Gasteiger partial charge in [0, 0.05) is 18.1 Å². The Morgan fingerprint density at radius 3 is 2.68 bits per heavy atom. The van der Waals surface area contributed by atoms with Gasteiger partial charge in [0.1, 0.15) is 0 Å². The van der Waals surface area contributed by atoms with E-state index in [1.54, 1.807) is 18.2 Å². The zero-order chi connectivity index (χ0) is 14.4. The standard InChI is InChI=1S/C13H19Cl2N3O/c1-9(16-6-7-18(2)3)13(19)17-12-8-10(14)4-5-11(12)15/h4-5,8-9,16H,6-7H2,1-3H3,(H,17,19). The number of halogens is 2. The number of hydrogen-bond acceptors (Lipinski definition) is 3. The summed E-state index contributed by atoms with van der Waals surface area (Å²) in [6, 6.07) is 4.67. The van der Waals surface area contributed by atoms with Crippen molar-refractivity contribution >= 4 is 34.8 Å². The third-order valence-electron chi connectivity index (χ3n) is 2.59. The molecular weight excluding hydrogens is 285 g/mol. The molecule has 0 aliphatic rings. The number of nitrogens with one attached hydrogen (secondary N) is 2. The van der Waals surface area contributed by atoms with Crippen molar-refractivity contribution < 1.29 is 4.79 Å². The molecule has 6 heteroatoms. The lowest BCUT2D eigenvalue weighted by Gasteiger charge is -2.16. The Kier molecular flexibility index (Phi) is 6.58. The minimum Gasteiger partial charge on any atom is -0.323 e. The van der Waals surface area contributed by atoms with Gasteiger partial charge < -0.3 is 15.5 Å². The second-order valence-corrected chi connectivity index (χ2v) is 5.44. The summed E-state index contributed by atoms with van der Waals surface area (Å²) in [6.07, 6.45) is 0. The summed E-state index contributed by atoms with van der Waals surface area (Å²) in [6.45, 7) is 3.42. The Morgan fingerprint density at radius 1 is 1.37 bits per heavy atom. The molecule has 1 aromatic carbocycles. The van der Waals surface area contributed by atoms with E-state index < -0.39 is 0 Å². The molecule has 0 saturated carbocycles. The molecule has 1 atom stereocenters. The van der Waals surface area contributed by atoms with Crippen LogP contribution in [0.5, 0.6) is 0 Å². The fourth-order valence-corrected chi connectivity index (χ4v) is 1.77. The van der Waals surface area contributed by atoms with E-state index in [0.717, 1.165) is 13.1 Å². The average molecular weight is 304 g/mol. The molecule has 2 N–H and O–H groups in total. The molecule has 1 amide bonds. The van der Waals surface area contributed by atoms with Crippen LogP contribution in [-0.4, -0.2) is 44.0 Å². The molecule has 0 aliphatic heterocycles. The van der Waals surface area contributed by atoms with E-state index in [4.69, 9.17) is 23.2 Å². The van der Waals surface area contributed by atoms with E-state index in [9.17, 15) is 4.79 Å². The lowest BCUT2D eigenvalue weighted by Crippen LogP contribution is -2.41. The highest BCUT2D eigenvalue weighted by Gasteiger charge is 2.13. The molecule has 4 nitrogen and oxygen atoms in total. The molecule has 0 fully saturated rings. The summed E-state index contributed by atoms with van der Waals surface area (Å²) in [4.78, 5) is 14.0. The summed E-state index contributed by atoms with van der Waals surface area (Å²) in [5, 5.41) is 6.90. The van der Waals surface area contributed by atoms with Gasteiger partial charge in [-0.05, 0) is 39.2 Å². The molecule has 0 bridgehead atoms. The van der Waals surface area contributed by atoms with Crippen LogP contribution >= 0.6 is 23.2 Å². The van der Waals surface area contributed by atoms with Crippen LogP contribution in [0.3, 0.4) is 0 Å². The molecular formula is C13H19Cl2N3O. The lowest BCUT2D eigenvalue weighted by molar-refractivity contribution is -0.117. The van der Waals surface area contributed by atoms with Gasteiger partial charge in [-0.1, -0.05) is 23.2 Å². The van der Waals surface area contributed by atoms with Gasteiger partial charge >= 0.3 is 0 Å². The first-order valence-electron chi connectivity index (χ1n) is 6.04. The second-order valence-electron chi connectivity index (χ2n) is 4.59. The van der Waals surface area contributed by atoms with Crippen molar-refractivity contribution in [2.45, 2.75) is 13.0 Å². The van der Waals surface area contributed by atoms with Crippen molar-refractivity contribution in [3.8, 4) is 0 Å². The first kappa shape index (κ1) is 16.2. The predicted octanol–water partition coefficient (Wildman–Crippen LogP) is 2.47. The summed E-state index contributed by atoms with van der Waals surface area (Å²) in [5.41, 5.74) is 0.528. The third-order valence-corrected chi connectivity index (χ3v) is 3.15. The van der Waals surface area contributed by atoms with Crippen molar-refractivity contribution in [1.29, 1.82) is 0 Å². The second kappa shape index (κ2) is 7.70. The third kappa shape index (κ3) is 5.78. The zero-order valence-corrected chi connectivity index (χ0v) is 12.8. The number of carbonyl (C=O) groups is 1. The van der Waals surface area contributed by atoms with Gasteiger partial charge in [-0.15, -0.1) is 0 Å². The number of rotatable bonds is 6. The minimum atomic E-state index is -0.296. The quantitative estimate of drug-likeness (QED) is 0.848. The molecule has 0 saturated heterocycles. The van der Waals surface area contributed by atoms with E-state index in [1.807, 2.05) is 25.9 Å². The summed E-state index contributed by atoms with van der Waals surface area (Å²) < 4.78 is 0.